The molecule has 0 unspecified atom stereocenters. The molecule has 0 bridgehead atoms. The van der Waals surface area contributed by atoms with Gasteiger partial charge in [0.2, 0.25) is 6.79 Å². The van der Waals surface area contributed by atoms with Crippen molar-refractivity contribution in [2.24, 2.45) is 0 Å². The number of carbonyl (C=O) groups excluding carboxylic acids is 1. The lowest BCUT2D eigenvalue weighted by molar-refractivity contribution is -0.139. The van der Waals surface area contributed by atoms with E-state index < -0.39 is 0 Å². The van der Waals surface area contributed by atoms with Crippen LogP contribution in [-0.2, 0) is 9.53 Å². The summed E-state index contributed by atoms with van der Waals surface area (Å²) in [6.45, 7) is 0.209. The van der Waals surface area contributed by atoms with E-state index in [4.69, 9.17) is 21.1 Å². The lowest BCUT2D eigenvalue weighted by atomic mass is 10.1. The molecule has 0 amide bonds. The molecule has 0 saturated carbocycles. The fourth-order valence-electron chi connectivity index (χ4n) is 1.43. The van der Waals surface area contributed by atoms with Crippen LogP contribution in [0, 0.1) is 0 Å². The molecule has 17 heavy (non-hydrogen) atoms. The number of rotatable bonds is 3. The van der Waals surface area contributed by atoms with Gasteiger partial charge in [-0.05, 0) is 11.6 Å². The van der Waals surface area contributed by atoms with Crippen LogP contribution in [0.4, 0.5) is 0 Å². The number of halogens is 1. The highest BCUT2D eigenvalue weighted by atomic mass is 35.5. The first-order chi connectivity index (χ1) is 8.20. The van der Waals surface area contributed by atoms with Crippen molar-refractivity contribution < 1.29 is 19.0 Å². The SMILES string of the molecule is COC(=O)CC=Cc1cc2c(cc1Cl)OCO2. The Balaban J connectivity index is 2.13. The Morgan fingerprint density at radius 1 is 1.47 bits per heavy atom. The van der Waals surface area contributed by atoms with Crippen LogP contribution in [-0.4, -0.2) is 19.9 Å². The van der Waals surface area contributed by atoms with Crippen LogP contribution in [0.1, 0.15) is 12.0 Å². The van der Waals surface area contributed by atoms with Crippen molar-refractivity contribution in [2.45, 2.75) is 6.42 Å². The Labute approximate surface area is 104 Å². The minimum Gasteiger partial charge on any atom is -0.469 e. The first kappa shape index (κ1) is 11.8. The van der Waals surface area contributed by atoms with Gasteiger partial charge in [0.25, 0.3) is 0 Å². The molecule has 1 aromatic rings. The quantitative estimate of drug-likeness (QED) is 0.778. The number of hydrogen-bond acceptors (Lipinski definition) is 4. The number of fused-ring (bicyclic) bond motifs is 1. The average Bonchev–Trinajstić information content (AvgIpc) is 2.76. The molecule has 0 radical (unpaired) electrons. The molecular formula is C12H11ClO4. The zero-order valence-corrected chi connectivity index (χ0v) is 9.99. The zero-order valence-electron chi connectivity index (χ0n) is 9.23. The van der Waals surface area contributed by atoms with Gasteiger partial charge in [-0.15, -0.1) is 0 Å². The monoisotopic (exact) mass is 254 g/mol. The van der Waals surface area contributed by atoms with Crippen LogP contribution in [0.15, 0.2) is 18.2 Å². The fraction of sp³-hybridized carbons (Fsp3) is 0.250. The Bertz CT molecular complexity index is 468. The summed E-state index contributed by atoms with van der Waals surface area (Å²) in [5.41, 5.74) is 0.778. The molecule has 0 spiro atoms. The summed E-state index contributed by atoms with van der Waals surface area (Å²) >= 11 is 6.05. The van der Waals surface area contributed by atoms with E-state index in [-0.39, 0.29) is 19.2 Å². The third-order valence-corrected chi connectivity index (χ3v) is 2.63. The minimum atomic E-state index is -0.293. The van der Waals surface area contributed by atoms with Gasteiger partial charge >= 0.3 is 5.97 Å². The van der Waals surface area contributed by atoms with Gasteiger partial charge in [-0.3, -0.25) is 4.79 Å². The van der Waals surface area contributed by atoms with Crippen LogP contribution in [0.5, 0.6) is 11.5 Å². The van der Waals surface area contributed by atoms with E-state index in [1.54, 1.807) is 24.3 Å². The van der Waals surface area contributed by atoms with E-state index in [1.165, 1.54) is 7.11 Å². The summed E-state index contributed by atoms with van der Waals surface area (Å²) in [6.07, 6.45) is 3.65. The average molecular weight is 255 g/mol. The summed E-state index contributed by atoms with van der Waals surface area (Å²) in [4.78, 5) is 10.9. The van der Waals surface area contributed by atoms with Gasteiger partial charge in [-0.1, -0.05) is 23.8 Å². The lowest BCUT2D eigenvalue weighted by Crippen LogP contribution is -1.96. The van der Waals surface area contributed by atoms with Gasteiger partial charge in [0.1, 0.15) is 0 Å². The highest BCUT2D eigenvalue weighted by molar-refractivity contribution is 6.32. The molecule has 1 heterocycles. The van der Waals surface area contributed by atoms with Crippen molar-refractivity contribution in [1.82, 2.24) is 0 Å². The molecule has 4 nitrogen and oxygen atoms in total. The Hall–Kier alpha value is -1.68. The topological polar surface area (TPSA) is 44.8 Å². The third kappa shape index (κ3) is 2.71. The largest absolute Gasteiger partial charge is 0.469 e. The number of esters is 1. The second-order valence-electron chi connectivity index (χ2n) is 3.41. The van der Waals surface area contributed by atoms with Crippen LogP contribution >= 0.6 is 11.6 Å². The van der Waals surface area contributed by atoms with Crippen LogP contribution < -0.4 is 9.47 Å². The van der Waals surface area contributed by atoms with Gasteiger partial charge < -0.3 is 14.2 Å². The number of methoxy groups -OCH3 is 1. The predicted molar refractivity (Wildman–Crippen MR) is 63.2 cm³/mol. The molecule has 0 aromatic heterocycles. The van der Waals surface area contributed by atoms with Crippen molar-refractivity contribution in [3.05, 3.63) is 28.8 Å². The molecule has 2 rings (SSSR count). The van der Waals surface area contributed by atoms with Crippen LogP contribution in [0.3, 0.4) is 0 Å². The molecule has 0 fully saturated rings. The van der Waals surface area contributed by atoms with E-state index >= 15 is 0 Å². The highest BCUT2D eigenvalue weighted by Crippen LogP contribution is 2.37. The first-order valence-electron chi connectivity index (χ1n) is 5.03. The number of hydrogen-bond donors (Lipinski definition) is 0. The molecular weight excluding hydrogens is 244 g/mol. The summed E-state index contributed by atoms with van der Waals surface area (Å²) < 4.78 is 15.0. The Morgan fingerprint density at radius 3 is 2.88 bits per heavy atom. The molecule has 1 aliphatic heterocycles. The summed E-state index contributed by atoms with van der Waals surface area (Å²) in [5, 5.41) is 0.551. The Morgan fingerprint density at radius 2 is 2.18 bits per heavy atom. The molecule has 5 heteroatoms. The molecule has 0 atom stereocenters. The van der Waals surface area contributed by atoms with Gasteiger partial charge in [0, 0.05) is 6.07 Å². The molecule has 1 aliphatic rings. The molecule has 90 valence electrons. The third-order valence-electron chi connectivity index (χ3n) is 2.30. The maximum Gasteiger partial charge on any atom is 0.309 e. The van der Waals surface area contributed by atoms with E-state index in [0.717, 1.165) is 5.56 Å². The number of carbonyl (C=O) groups is 1. The highest BCUT2D eigenvalue weighted by Gasteiger charge is 2.15. The van der Waals surface area contributed by atoms with Gasteiger partial charge in [0.15, 0.2) is 11.5 Å². The second kappa shape index (κ2) is 5.10. The van der Waals surface area contributed by atoms with Gasteiger partial charge in [-0.25, -0.2) is 0 Å². The van der Waals surface area contributed by atoms with Crippen molar-refractivity contribution in [2.75, 3.05) is 13.9 Å². The fourth-order valence-corrected chi connectivity index (χ4v) is 1.64. The standard InChI is InChI=1S/C12H11ClO4/c1-15-12(14)4-2-3-8-5-10-11(6-9(8)13)17-7-16-10/h2-3,5-6H,4,7H2,1H3. The van der Waals surface area contributed by atoms with E-state index in [0.29, 0.717) is 16.5 Å². The van der Waals surface area contributed by atoms with Crippen LogP contribution in [0.25, 0.3) is 6.08 Å². The first-order valence-corrected chi connectivity index (χ1v) is 5.41. The normalized spacial score (nSPS) is 13.1. The van der Waals surface area contributed by atoms with E-state index in [2.05, 4.69) is 4.74 Å². The predicted octanol–water partition coefficient (Wildman–Crippen LogP) is 2.65. The molecule has 0 N–H and O–H groups in total. The smallest absolute Gasteiger partial charge is 0.309 e. The van der Waals surface area contributed by atoms with Gasteiger partial charge in [0.05, 0.1) is 18.6 Å². The Kier molecular flexibility index (Phi) is 3.54. The summed E-state index contributed by atoms with van der Waals surface area (Å²) in [5.74, 6) is 1.00. The van der Waals surface area contributed by atoms with Gasteiger partial charge in [-0.2, -0.15) is 0 Å². The van der Waals surface area contributed by atoms with E-state index in [1.807, 2.05) is 0 Å². The van der Waals surface area contributed by atoms with Crippen molar-refractivity contribution in [3.8, 4) is 11.5 Å². The van der Waals surface area contributed by atoms with E-state index in [9.17, 15) is 4.79 Å². The molecule has 1 aromatic carbocycles. The van der Waals surface area contributed by atoms with Crippen molar-refractivity contribution in [1.29, 1.82) is 0 Å². The molecule has 0 saturated heterocycles. The molecule has 0 aliphatic carbocycles. The minimum absolute atomic E-state index is 0.209. The number of benzene rings is 1. The zero-order chi connectivity index (χ0) is 12.3. The summed E-state index contributed by atoms with van der Waals surface area (Å²) in [7, 11) is 1.35. The second-order valence-corrected chi connectivity index (χ2v) is 3.82. The maximum atomic E-state index is 10.9. The summed E-state index contributed by atoms with van der Waals surface area (Å²) in [6, 6.07) is 3.47. The van der Waals surface area contributed by atoms with Crippen molar-refractivity contribution >= 4 is 23.6 Å². The van der Waals surface area contributed by atoms with Crippen molar-refractivity contribution in [3.63, 3.8) is 0 Å². The van der Waals surface area contributed by atoms with Crippen LogP contribution in [0.2, 0.25) is 5.02 Å². The maximum absolute atomic E-state index is 10.9. The lowest BCUT2D eigenvalue weighted by Gasteiger charge is -2.01. The number of ether oxygens (including phenoxy) is 3.